The standard InChI is InChI=1S/C23H21N5O3S/c1-13-19(22(29)27-14-7-5-4-6-8-14)20(16-10-9-15(30-2)11-17(16)31-3)28-21(25)18(12-24)32-23(28)26-13/h4-11,20H,25H2,1-3H3,(H,27,29)/t20-/m1/s1. The molecule has 0 fully saturated rings. The van der Waals surface area contributed by atoms with E-state index in [1.807, 2.05) is 36.4 Å². The van der Waals surface area contributed by atoms with Gasteiger partial charge in [0.05, 0.1) is 31.5 Å². The molecule has 2 aromatic rings. The second kappa shape index (κ2) is 8.69. The number of nitrogens with zero attached hydrogens (tertiary/aromatic N) is 3. The molecule has 0 saturated heterocycles. The summed E-state index contributed by atoms with van der Waals surface area (Å²) in [5.74, 6) is 1.07. The lowest BCUT2D eigenvalue weighted by Gasteiger charge is -2.35. The second-order valence-electron chi connectivity index (χ2n) is 7.02. The minimum Gasteiger partial charge on any atom is -0.497 e. The van der Waals surface area contributed by atoms with Crippen LogP contribution in [0.3, 0.4) is 0 Å². The molecule has 1 amide bonds. The van der Waals surface area contributed by atoms with Crippen molar-refractivity contribution in [3.63, 3.8) is 0 Å². The molecule has 0 saturated carbocycles. The van der Waals surface area contributed by atoms with Crippen LogP contribution in [0.15, 0.2) is 75.5 Å². The van der Waals surface area contributed by atoms with Gasteiger partial charge in [0.2, 0.25) is 0 Å². The van der Waals surface area contributed by atoms with E-state index >= 15 is 0 Å². The van der Waals surface area contributed by atoms with Crippen LogP contribution >= 0.6 is 11.8 Å². The van der Waals surface area contributed by atoms with Crippen LogP contribution in [0.4, 0.5) is 5.69 Å². The summed E-state index contributed by atoms with van der Waals surface area (Å²) >= 11 is 1.18. The summed E-state index contributed by atoms with van der Waals surface area (Å²) in [5, 5.41) is 13.0. The number of nitriles is 1. The number of methoxy groups -OCH3 is 2. The number of anilines is 1. The molecule has 0 aromatic heterocycles. The summed E-state index contributed by atoms with van der Waals surface area (Å²) in [6.07, 6.45) is 0. The number of carbonyl (C=O) groups excluding carboxylic acids is 1. The van der Waals surface area contributed by atoms with Crippen LogP contribution in [0, 0.1) is 11.3 Å². The van der Waals surface area contributed by atoms with Crippen molar-refractivity contribution < 1.29 is 14.3 Å². The topological polar surface area (TPSA) is 113 Å². The van der Waals surface area contributed by atoms with Crippen LogP contribution in [0.25, 0.3) is 0 Å². The number of fused-ring (bicyclic) bond motifs is 1. The summed E-state index contributed by atoms with van der Waals surface area (Å²) in [6.45, 7) is 1.77. The number of aliphatic imine (C=N–C) groups is 1. The Morgan fingerprint density at radius 2 is 1.97 bits per heavy atom. The number of amides is 1. The lowest BCUT2D eigenvalue weighted by Crippen LogP contribution is -2.39. The van der Waals surface area contributed by atoms with Crippen molar-refractivity contribution in [2.75, 3.05) is 19.5 Å². The number of nitrogens with two attached hydrogens (primary N) is 1. The lowest BCUT2D eigenvalue weighted by atomic mass is 9.92. The van der Waals surface area contributed by atoms with Crippen molar-refractivity contribution in [1.29, 1.82) is 5.26 Å². The Morgan fingerprint density at radius 1 is 1.22 bits per heavy atom. The normalized spacial score (nSPS) is 17.5. The van der Waals surface area contributed by atoms with Crippen molar-refractivity contribution in [3.05, 3.63) is 76.1 Å². The number of hydrogen-bond donors (Lipinski definition) is 2. The van der Waals surface area contributed by atoms with Crippen LogP contribution in [0.5, 0.6) is 11.5 Å². The number of amidine groups is 1. The Morgan fingerprint density at radius 3 is 2.62 bits per heavy atom. The molecule has 3 N–H and O–H groups in total. The molecule has 8 nitrogen and oxygen atoms in total. The first-order valence-corrected chi connectivity index (χ1v) is 10.5. The highest BCUT2D eigenvalue weighted by Crippen LogP contribution is 2.47. The summed E-state index contributed by atoms with van der Waals surface area (Å²) in [6, 6.07) is 16.0. The molecule has 2 heterocycles. The molecule has 0 spiro atoms. The monoisotopic (exact) mass is 447 g/mol. The number of carbonyl (C=O) groups is 1. The summed E-state index contributed by atoms with van der Waals surface area (Å²) in [7, 11) is 3.12. The number of nitrogens with one attached hydrogen (secondary N) is 1. The van der Waals surface area contributed by atoms with Crippen LogP contribution < -0.4 is 20.5 Å². The van der Waals surface area contributed by atoms with E-state index in [4.69, 9.17) is 15.2 Å². The Hall–Kier alpha value is -3.90. The first kappa shape index (κ1) is 21.3. The van der Waals surface area contributed by atoms with Gasteiger partial charge >= 0.3 is 0 Å². The van der Waals surface area contributed by atoms with Gasteiger partial charge in [0, 0.05) is 17.3 Å². The van der Waals surface area contributed by atoms with Gasteiger partial charge in [0.15, 0.2) is 5.17 Å². The number of ether oxygens (including phenoxy) is 2. The van der Waals surface area contributed by atoms with E-state index in [0.717, 1.165) is 0 Å². The first-order chi connectivity index (χ1) is 15.5. The van der Waals surface area contributed by atoms with Crippen LogP contribution in [0.2, 0.25) is 0 Å². The molecular formula is C23H21N5O3S. The average Bonchev–Trinajstić information content (AvgIpc) is 3.13. The third-order valence-electron chi connectivity index (χ3n) is 5.19. The predicted octanol–water partition coefficient (Wildman–Crippen LogP) is 3.73. The van der Waals surface area contributed by atoms with E-state index < -0.39 is 6.04 Å². The van der Waals surface area contributed by atoms with Gasteiger partial charge in [-0.15, -0.1) is 0 Å². The zero-order chi connectivity index (χ0) is 22.8. The fraction of sp³-hybridized carbons (Fsp3) is 0.174. The molecule has 0 bridgehead atoms. The fourth-order valence-electron chi connectivity index (χ4n) is 3.69. The highest BCUT2D eigenvalue weighted by molar-refractivity contribution is 8.17. The largest absolute Gasteiger partial charge is 0.497 e. The van der Waals surface area contributed by atoms with E-state index in [2.05, 4.69) is 16.4 Å². The number of rotatable bonds is 5. The molecular weight excluding hydrogens is 426 g/mol. The maximum absolute atomic E-state index is 13.5. The van der Waals surface area contributed by atoms with Crippen LogP contribution in [-0.4, -0.2) is 30.2 Å². The zero-order valence-electron chi connectivity index (χ0n) is 17.7. The van der Waals surface area contributed by atoms with Gasteiger partial charge in [0.1, 0.15) is 28.3 Å². The van der Waals surface area contributed by atoms with Crippen molar-refractivity contribution in [2.45, 2.75) is 13.0 Å². The third-order valence-corrected chi connectivity index (χ3v) is 6.16. The van der Waals surface area contributed by atoms with Gasteiger partial charge in [-0.1, -0.05) is 18.2 Å². The van der Waals surface area contributed by atoms with Crippen LogP contribution in [-0.2, 0) is 4.79 Å². The molecule has 2 aliphatic rings. The summed E-state index contributed by atoms with van der Waals surface area (Å²) in [5.41, 5.74) is 8.63. The SMILES string of the molecule is COc1ccc([C@@H]2C(C(=O)Nc3ccccc3)=C(C)N=C3SC(C#N)=C(N)N32)c(OC)c1. The molecule has 32 heavy (non-hydrogen) atoms. The fourth-order valence-corrected chi connectivity index (χ4v) is 4.61. The first-order valence-electron chi connectivity index (χ1n) is 9.73. The van der Waals surface area contributed by atoms with Crippen molar-refractivity contribution in [3.8, 4) is 17.6 Å². The molecule has 1 atom stereocenters. The maximum Gasteiger partial charge on any atom is 0.255 e. The number of allylic oxidation sites excluding steroid dienone is 2. The van der Waals surface area contributed by atoms with Crippen molar-refractivity contribution >= 4 is 28.5 Å². The van der Waals surface area contributed by atoms with Gasteiger partial charge in [-0.3, -0.25) is 9.69 Å². The van der Waals surface area contributed by atoms with Crippen molar-refractivity contribution in [2.24, 2.45) is 10.7 Å². The second-order valence-corrected chi connectivity index (χ2v) is 8.00. The van der Waals surface area contributed by atoms with E-state index in [0.29, 0.717) is 44.1 Å². The Labute approximate surface area is 190 Å². The van der Waals surface area contributed by atoms with Crippen LogP contribution in [0.1, 0.15) is 18.5 Å². The predicted molar refractivity (Wildman–Crippen MR) is 124 cm³/mol. The highest BCUT2D eigenvalue weighted by Gasteiger charge is 2.43. The Balaban J connectivity index is 1.87. The van der Waals surface area contributed by atoms with Gasteiger partial charge in [-0.25, -0.2) is 4.99 Å². The van der Waals surface area contributed by atoms with Crippen molar-refractivity contribution in [1.82, 2.24) is 4.90 Å². The smallest absolute Gasteiger partial charge is 0.255 e. The maximum atomic E-state index is 13.5. The molecule has 2 aromatic carbocycles. The Kier molecular flexibility index (Phi) is 5.79. The summed E-state index contributed by atoms with van der Waals surface area (Å²) in [4.78, 5) is 20.1. The van der Waals surface area contributed by atoms with E-state index in [1.54, 1.807) is 38.2 Å². The van der Waals surface area contributed by atoms with E-state index in [-0.39, 0.29) is 11.7 Å². The molecule has 162 valence electrons. The Bertz CT molecular complexity index is 1210. The summed E-state index contributed by atoms with van der Waals surface area (Å²) < 4.78 is 11.0. The third kappa shape index (κ3) is 3.65. The van der Waals surface area contributed by atoms with Gasteiger partial charge in [0.25, 0.3) is 5.91 Å². The van der Waals surface area contributed by atoms with E-state index in [9.17, 15) is 10.1 Å². The van der Waals surface area contributed by atoms with Gasteiger partial charge in [-0.2, -0.15) is 5.26 Å². The number of para-hydroxylation sites is 1. The van der Waals surface area contributed by atoms with Gasteiger partial charge in [-0.05, 0) is 43.0 Å². The zero-order valence-corrected chi connectivity index (χ0v) is 18.6. The minimum atomic E-state index is -0.648. The minimum absolute atomic E-state index is 0.247. The average molecular weight is 448 g/mol. The molecule has 0 unspecified atom stereocenters. The highest BCUT2D eigenvalue weighted by atomic mass is 32.2. The molecule has 0 aliphatic carbocycles. The molecule has 4 rings (SSSR count). The quantitative estimate of drug-likeness (QED) is 0.718. The van der Waals surface area contributed by atoms with Gasteiger partial charge < -0.3 is 20.5 Å². The number of benzene rings is 2. The molecule has 0 radical (unpaired) electrons. The lowest BCUT2D eigenvalue weighted by molar-refractivity contribution is -0.113. The molecule has 9 heteroatoms. The number of thioether (sulfide) groups is 1. The number of hydrogen-bond acceptors (Lipinski definition) is 8. The molecule has 2 aliphatic heterocycles. The van der Waals surface area contributed by atoms with E-state index in [1.165, 1.54) is 11.8 Å².